The van der Waals surface area contributed by atoms with Gasteiger partial charge in [-0.3, -0.25) is 5.41 Å². The molecule has 0 aliphatic heterocycles. The molecule has 1 rings (SSSR count). The number of aromatic amines is 1. The Labute approximate surface area is 65.7 Å². The maximum Gasteiger partial charge on any atom is 0.117 e. The average Bonchev–Trinajstić information content (AvgIpc) is 2.35. The highest BCUT2D eigenvalue weighted by atomic mass is 14.8. The Morgan fingerprint density at radius 2 is 2.27 bits per heavy atom. The van der Waals surface area contributed by atoms with E-state index in [1.807, 2.05) is 25.3 Å². The van der Waals surface area contributed by atoms with Crippen LogP contribution in [0.1, 0.15) is 19.5 Å². The molecule has 0 saturated heterocycles. The van der Waals surface area contributed by atoms with Crippen LogP contribution in [0.2, 0.25) is 0 Å². The molecule has 0 aliphatic rings. The first kappa shape index (κ1) is 7.72. The van der Waals surface area contributed by atoms with Crippen molar-refractivity contribution in [2.24, 2.45) is 4.99 Å². The molecule has 0 aliphatic carbocycles. The topological polar surface area (TPSA) is 52.0 Å². The lowest BCUT2D eigenvalue weighted by molar-refractivity contribution is 1.34. The SMILES string of the molecule is CC(=N)N=C(C)c1ccc[nH]1. The molecular formula is C8H11N3. The Hall–Kier alpha value is -1.38. The molecule has 0 radical (unpaired) electrons. The van der Waals surface area contributed by atoms with Gasteiger partial charge in [-0.1, -0.05) is 0 Å². The summed E-state index contributed by atoms with van der Waals surface area (Å²) in [5.41, 5.74) is 1.82. The van der Waals surface area contributed by atoms with Crippen LogP contribution >= 0.6 is 0 Å². The summed E-state index contributed by atoms with van der Waals surface area (Å²) in [6, 6.07) is 3.84. The molecule has 0 aromatic carbocycles. The molecule has 0 fully saturated rings. The lowest BCUT2D eigenvalue weighted by atomic mass is 10.3. The maximum atomic E-state index is 7.13. The van der Waals surface area contributed by atoms with Crippen LogP contribution in [0, 0.1) is 5.41 Å². The predicted molar refractivity (Wildman–Crippen MR) is 46.4 cm³/mol. The van der Waals surface area contributed by atoms with Gasteiger partial charge in [0.25, 0.3) is 0 Å². The summed E-state index contributed by atoms with van der Waals surface area (Å²) in [6.07, 6.45) is 1.84. The second-order valence-electron chi connectivity index (χ2n) is 2.37. The molecular weight excluding hydrogens is 138 g/mol. The zero-order chi connectivity index (χ0) is 8.27. The highest BCUT2D eigenvalue weighted by Crippen LogP contribution is 1.96. The van der Waals surface area contributed by atoms with Gasteiger partial charge in [-0.15, -0.1) is 0 Å². The van der Waals surface area contributed by atoms with Crippen LogP contribution in [-0.2, 0) is 0 Å². The largest absolute Gasteiger partial charge is 0.360 e. The number of amidine groups is 1. The van der Waals surface area contributed by atoms with E-state index >= 15 is 0 Å². The van der Waals surface area contributed by atoms with Gasteiger partial charge in [0.15, 0.2) is 0 Å². The Balaban J connectivity index is 2.86. The maximum absolute atomic E-state index is 7.13. The fraction of sp³-hybridized carbons (Fsp3) is 0.250. The third kappa shape index (κ3) is 2.04. The normalized spacial score (nSPS) is 11.6. The third-order valence-corrected chi connectivity index (χ3v) is 1.32. The number of nitrogens with zero attached hydrogens (tertiary/aromatic N) is 1. The second kappa shape index (κ2) is 3.14. The molecule has 11 heavy (non-hydrogen) atoms. The second-order valence-corrected chi connectivity index (χ2v) is 2.37. The van der Waals surface area contributed by atoms with Crippen molar-refractivity contribution in [3.63, 3.8) is 0 Å². The van der Waals surface area contributed by atoms with E-state index in [9.17, 15) is 0 Å². The molecule has 0 amide bonds. The molecule has 0 saturated carbocycles. The average molecular weight is 149 g/mol. The monoisotopic (exact) mass is 149 g/mol. The van der Waals surface area contributed by atoms with Crippen LogP contribution in [0.4, 0.5) is 0 Å². The molecule has 58 valence electrons. The summed E-state index contributed by atoms with van der Waals surface area (Å²) in [4.78, 5) is 7.00. The Morgan fingerprint density at radius 1 is 1.55 bits per heavy atom. The van der Waals surface area contributed by atoms with Crippen molar-refractivity contribution in [2.45, 2.75) is 13.8 Å². The first-order chi connectivity index (χ1) is 5.20. The first-order valence-corrected chi connectivity index (χ1v) is 3.44. The highest BCUT2D eigenvalue weighted by Gasteiger charge is 1.95. The summed E-state index contributed by atoms with van der Waals surface area (Å²) in [7, 11) is 0. The first-order valence-electron chi connectivity index (χ1n) is 3.44. The van der Waals surface area contributed by atoms with Gasteiger partial charge in [0.1, 0.15) is 5.84 Å². The number of aromatic nitrogens is 1. The summed E-state index contributed by atoms with van der Waals surface area (Å²) in [6.45, 7) is 3.54. The van der Waals surface area contributed by atoms with E-state index in [4.69, 9.17) is 5.41 Å². The van der Waals surface area contributed by atoms with Gasteiger partial charge in [-0.2, -0.15) is 0 Å². The summed E-state index contributed by atoms with van der Waals surface area (Å²) in [5, 5.41) is 7.13. The lowest BCUT2D eigenvalue weighted by Gasteiger charge is -1.94. The Morgan fingerprint density at radius 3 is 2.73 bits per heavy atom. The van der Waals surface area contributed by atoms with Crippen molar-refractivity contribution in [1.29, 1.82) is 5.41 Å². The number of hydrogen-bond donors (Lipinski definition) is 2. The Bertz CT molecular complexity index is 270. The van der Waals surface area contributed by atoms with Crippen LogP contribution < -0.4 is 0 Å². The van der Waals surface area contributed by atoms with Gasteiger partial charge in [-0.25, -0.2) is 4.99 Å². The minimum absolute atomic E-state index is 0.331. The van der Waals surface area contributed by atoms with E-state index in [0.29, 0.717) is 5.84 Å². The van der Waals surface area contributed by atoms with Gasteiger partial charge >= 0.3 is 0 Å². The minimum Gasteiger partial charge on any atom is -0.360 e. The van der Waals surface area contributed by atoms with Crippen molar-refractivity contribution in [1.82, 2.24) is 4.98 Å². The van der Waals surface area contributed by atoms with E-state index in [-0.39, 0.29) is 0 Å². The summed E-state index contributed by atoms with van der Waals surface area (Å²) in [5.74, 6) is 0.331. The van der Waals surface area contributed by atoms with Crippen LogP contribution in [0.25, 0.3) is 0 Å². The van der Waals surface area contributed by atoms with E-state index in [2.05, 4.69) is 9.98 Å². The quantitative estimate of drug-likeness (QED) is 0.452. The number of hydrogen-bond acceptors (Lipinski definition) is 1. The summed E-state index contributed by atoms with van der Waals surface area (Å²) >= 11 is 0. The molecule has 2 N–H and O–H groups in total. The molecule has 1 heterocycles. The number of nitrogens with one attached hydrogen (secondary N) is 2. The van der Waals surface area contributed by atoms with Gasteiger partial charge in [-0.05, 0) is 26.0 Å². The van der Waals surface area contributed by atoms with Crippen molar-refractivity contribution < 1.29 is 0 Å². The Kier molecular flexibility index (Phi) is 2.21. The van der Waals surface area contributed by atoms with Crippen molar-refractivity contribution in [3.05, 3.63) is 24.0 Å². The minimum atomic E-state index is 0.331. The van der Waals surface area contributed by atoms with Crippen molar-refractivity contribution >= 4 is 11.5 Å². The molecule has 0 bridgehead atoms. The van der Waals surface area contributed by atoms with Crippen LogP contribution in [0.5, 0.6) is 0 Å². The van der Waals surface area contributed by atoms with Crippen LogP contribution in [0.15, 0.2) is 23.3 Å². The van der Waals surface area contributed by atoms with Gasteiger partial charge in [0.2, 0.25) is 0 Å². The standard InChI is InChI=1S/C8H11N3/c1-6(11-7(2)9)8-4-3-5-10-8/h3-5,9-10H,1-2H3. The summed E-state index contributed by atoms with van der Waals surface area (Å²) < 4.78 is 0. The number of H-pyrrole nitrogens is 1. The van der Waals surface area contributed by atoms with Crippen LogP contribution in [0.3, 0.4) is 0 Å². The molecule has 1 aromatic heterocycles. The zero-order valence-corrected chi connectivity index (χ0v) is 6.68. The third-order valence-electron chi connectivity index (χ3n) is 1.32. The van der Waals surface area contributed by atoms with Gasteiger partial charge in [0.05, 0.1) is 11.4 Å². The fourth-order valence-electron chi connectivity index (χ4n) is 0.867. The zero-order valence-electron chi connectivity index (χ0n) is 6.68. The van der Waals surface area contributed by atoms with E-state index in [0.717, 1.165) is 11.4 Å². The number of rotatable bonds is 1. The molecule has 0 spiro atoms. The predicted octanol–water partition coefficient (Wildman–Crippen LogP) is 1.82. The van der Waals surface area contributed by atoms with Crippen molar-refractivity contribution in [3.8, 4) is 0 Å². The van der Waals surface area contributed by atoms with Gasteiger partial charge in [0, 0.05) is 6.20 Å². The van der Waals surface area contributed by atoms with E-state index in [1.54, 1.807) is 6.92 Å². The molecule has 3 nitrogen and oxygen atoms in total. The van der Waals surface area contributed by atoms with E-state index < -0.39 is 0 Å². The molecule has 1 aromatic rings. The van der Waals surface area contributed by atoms with E-state index in [1.165, 1.54) is 0 Å². The molecule has 3 heteroatoms. The lowest BCUT2D eigenvalue weighted by Crippen LogP contribution is -1.97. The number of aliphatic imine (C=N–C) groups is 1. The van der Waals surface area contributed by atoms with Crippen LogP contribution in [-0.4, -0.2) is 16.5 Å². The fourth-order valence-corrected chi connectivity index (χ4v) is 0.867. The molecule has 0 unspecified atom stereocenters. The van der Waals surface area contributed by atoms with Gasteiger partial charge < -0.3 is 4.98 Å². The smallest absolute Gasteiger partial charge is 0.117 e. The molecule has 0 atom stereocenters. The highest BCUT2D eigenvalue weighted by molar-refractivity contribution is 6.03. The van der Waals surface area contributed by atoms with Crippen molar-refractivity contribution in [2.75, 3.05) is 0 Å².